The van der Waals surface area contributed by atoms with Crippen LogP contribution in [0.25, 0.3) is 0 Å². The SMILES string of the molecule is CC[C@H](C)N(CC(=O)N1CCc2sccc2[C@H]1COc1cccc(F)c1)C(=O)c1ccc(F)cc1. The van der Waals surface area contributed by atoms with Gasteiger partial charge >= 0.3 is 0 Å². The van der Waals surface area contributed by atoms with Crippen molar-refractivity contribution in [3.63, 3.8) is 0 Å². The van der Waals surface area contributed by atoms with Crippen LogP contribution in [0.5, 0.6) is 5.75 Å². The second kappa shape index (κ2) is 11.0. The minimum absolute atomic E-state index is 0.0961. The number of fused-ring (bicyclic) bond motifs is 1. The first kappa shape index (κ1) is 24.9. The monoisotopic (exact) mass is 498 g/mol. The van der Waals surface area contributed by atoms with Crippen LogP contribution in [-0.4, -0.2) is 47.4 Å². The minimum atomic E-state index is -0.422. The molecule has 1 aromatic heterocycles. The number of hydrogen-bond acceptors (Lipinski definition) is 4. The van der Waals surface area contributed by atoms with Gasteiger partial charge in [-0.2, -0.15) is 0 Å². The van der Waals surface area contributed by atoms with Crippen molar-refractivity contribution in [2.45, 2.75) is 38.8 Å². The van der Waals surface area contributed by atoms with Crippen molar-refractivity contribution in [2.75, 3.05) is 19.7 Å². The molecule has 184 valence electrons. The predicted octanol–water partition coefficient (Wildman–Crippen LogP) is 5.47. The summed E-state index contributed by atoms with van der Waals surface area (Å²) in [5.41, 5.74) is 1.36. The van der Waals surface area contributed by atoms with E-state index in [1.807, 2.05) is 25.3 Å². The summed E-state index contributed by atoms with van der Waals surface area (Å²) < 4.78 is 32.9. The lowest BCUT2D eigenvalue weighted by Crippen LogP contribution is -2.49. The molecule has 0 spiro atoms. The van der Waals surface area contributed by atoms with Gasteiger partial charge in [-0.3, -0.25) is 9.59 Å². The van der Waals surface area contributed by atoms with Crippen LogP contribution in [0.15, 0.2) is 60.0 Å². The molecule has 2 aromatic carbocycles. The number of hydrogen-bond donors (Lipinski definition) is 0. The first-order valence-electron chi connectivity index (χ1n) is 11.7. The molecule has 3 aromatic rings. The van der Waals surface area contributed by atoms with Crippen molar-refractivity contribution >= 4 is 23.2 Å². The molecule has 1 aliphatic heterocycles. The lowest BCUT2D eigenvalue weighted by Gasteiger charge is -2.38. The zero-order valence-electron chi connectivity index (χ0n) is 19.7. The Balaban J connectivity index is 1.54. The molecule has 0 unspecified atom stereocenters. The van der Waals surface area contributed by atoms with E-state index in [4.69, 9.17) is 4.74 Å². The Morgan fingerprint density at radius 2 is 1.91 bits per heavy atom. The van der Waals surface area contributed by atoms with Gasteiger partial charge in [0.2, 0.25) is 5.91 Å². The standard InChI is InChI=1S/C27H28F2N2O3S/c1-3-18(2)31(27(33)19-7-9-20(28)10-8-19)16-26(32)30-13-11-25-23(12-14-35-25)24(30)17-34-22-6-4-5-21(29)15-22/h4-10,12,14-15,18,24H,3,11,13,16-17H2,1-2H3/t18-,24+/m0/s1. The number of amides is 2. The number of halogens is 2. The summed E-state index contributed by atoms with van der Waals surface area (Å²) >= 11 is 1.64. The highest BCUT2D eigenvalue weighted by molar-refractivity contribution is 7.10. The fourth-order valence-corrected chi connectivity index (χ4v) is 5.18. The Hall–Kier alpha value is -3.26. The molecule has 0 bridgehead atoms. The molecule has 8 heteroatoms. The number of benzene rings is 2. The smallest absolute Gasteiger partial charge is 0.254 e. The maximum atomic E-state index is 13.6. The van der Waals surface area contributed by atoms with Crippen molar-refractivity contribution < 1.29 is 23.1 Å². The topological polar surface area (TPSA) is 49.9 Å². The molecule has 0 fully saturated rings. The first-order valence-corrected chi connectivity index (χ1v) is 12.6. The third kappa shape index (κ3) is 5.70. The van der Waals surface area contributed by atoms with Crippen LogP contribution in [0.4, 0.5) is 8.78 Å². The minimum Gasteiger partial charge on any atom is -0.491 e. The Kier molecular flexibility index (Phi) is 7.80. The van der Waals surface area contributed by atoms with Crippen molar-refractivity contribution in [3.05, 3.63) is 87.6 Å². The van der Waals surface area contributed by atoms with Crippen LogP contribution in [0.3, 0.4) is 0 Å². The van der Waals surface area contributed by atoms with E-state index >= 15 is 0 Å². The fourth-order valence-electron chi connectivity index (χ4n) is 4.25. The molecule has 2 heterocycles. The predicted molar refractivity (Wildman–Crippen MR) is 132 cm³/mol. The molecule has 0 saturated carbocycles. The van der Waals surface area contributed by atoms with E-state index in [1.54, 1.807) is 33.3 Å². The number of thiophene rings is 1. The lowest BCUT2D eigenvalue weighted by atomic mass is 10.00. The van der Waals surface area contributed by atoms with E-state index in [-0.39, 0.29) is 37.0 Å². The number of carbonyl (C=O) groups is 2. The largest absolute Gasteiger partial charge is 0.491 e. The number of carbonyl (C=O) groups excluding carboxylic acids is 2. The van der Waals surface area contributed by atoms with E-state index in [2.05, 4.69) is 0 Å². The molecular formula is C27H28F2N2O3S. The summed E-state index contributed by atoms with van der Waals surface area (Å²) in [7, 11) is 0. The summed E-state index contributed by atoms with van der Waals surface area (Å²) in [4.78, 5) is 31.3. The molecule has 4 rings (SSSR count). The first-order chi connectivity index (χ1) is 16.9. The zero-order chi connectivity index (χ0) is 24.9. The van der Waals surface area contributed by atoms with E-state index in [1.165, 1.54) is 41.3 Å². The van der Waals surface area contributed by atoms with E-state index in [9.17, 15) is 18.4 Å². The summed E-state index contributed by atoms with van der Waals surface area (Å²) in [6.45, 7) is 4.43. The van der Waals surface area contributed by atoms with Gasteiger partial charge in [0.05, 0.1) is 6.04 Å². The van der Waals surface area contributed by atoms with Crippen molar-refractivity contribution in [1.82, 2.24) is 9.80 Å². The molecule has 1 aliphatic rings. The molecular weight excluding hydrogens is 470 g/mol. The highest BCUT2D eigenvalue weighted by Gasteiger charge is 2.34. The summed E-state index contributed by atoms with van der Waals surface area (Å²) in [6.07, 6.45) is 1.39. The second-order valence-electron chi connectivity index (χ2n) is 8.62. The average molecular weight is 499 g/mol. The van der Waals surface area contributed by atoms with Crippen molar-refractivity contribution in [2.24, 2.45) is 0 Å². The molecule has 0 aliphatic carbocycles. The van der Waals surface area contributed by atoms with Gasteiger partial charge in [0.15, 0.2) is 0 Å². The van der Waals surface area contributed by atoms with Gasteiger partial charge in [-0.05, 0) is 73.2 Å². The normalized spacial score (nSPS) is 15.9. The maximum Gasteiger partial charge on any atom is 0.254 e. The molecule has 0 N–H and O–H groups in total. The van der Waals surface area contributed by atoms with Crippen LogP contribution in [-0.2, 0) is 11.2 Å². The van der Waals surface area contributed by atoms with Gasteiger partial charge in [-0.1, -0.05) is 13.0 Å². The van der Waals surface area contributed by atoms with Crippen molar-refractivity contribution in [3.8, 4) is 5.75 Å². The summed E-state index contributed by atoms with van der Waals surface area (Å²) in [5.74, 6) is -0.918. The molecule has 0 saturated heterocycles. The van der Waals surface area contributed by atoms with E-state index < -0.39 is 11.6 Å². The quantitative estimate of drug-likeness (QED) is 0.414. The van der Waals surface area contributed by atoms with E-state index in [0.29, 0.717) is 24.3 Å². The van der Waals surface area contributed by atoms with Gasteiger partial charge < -0.3 is 14.5 Å². The highest BCUT2D eigenvalue weighted by atomic mass is 32.1. The summed E-state index contributed by atoms with van der Waals surface area (Å²) in [5, 5.41) is 2.00. The lowest BCUT2D eigenvalue weighted by molar-refractivity contribution is -0.136. The van der Waals surface area contributed by atoms with Crippen LogP contribution < -0.4 is 4.74 Å². The number of nitrogens with zero attached hydrogens (tertiary/aromatic N) is 2. The van der Waals surface area contributed by atoms with Crippen LogP contribution in [0.2, 0.25) is 0 Å². The Morgan fingerprint density at radius 3 is 2.63 bits per heavy atom. The van der Waals surface area contributed by atoms with Crippen LogP contribution in [0.1, 0.15) is 47.1 Å². The third-order valence-corrected chi connectivity index (χ3v) is 7.40. The molecule has 0 radical (unpaired) electrons. The molecule has 35 heavy (non-hydrogen) atoms. The second-order valence-corrected chi connectivity index (χ2v) is 9.62. The van der Waals surface area contributed by atoms with Gasteiger partial charge in [0.25, 0.3) is 5.91 Å². The van der Waals surface area contributed by atoms with Gasteiger partial charge in [0, 0.05) is 29.1 Å². The van der Waals surface area contributed by atoms with Crippen LogP contribution in [0, 0.1) is 11.6 Å². The maximum absolute atomic E-state index is 13.6. The van der Waals surface area contributed by atoms with Gasteiger partial charge in [-0.25, -0.2) is 8.78 Å². The Bertz CT molecular complexity index is 1180. The number of ether oxygens (including phenoxy) is 1. The van der Waals surface area contributed by atoms with E-state index in [0.717, 1.165) is 12.0 Å². The van der Waals surface area contributed by atoms with Gasteiger partial charge in [-0.15, -0.1) is 11.3 Å². The molecule has 2 amide bonds. The molecule has 2 atom stereocenters. The Labute approximate surface area is 207 Å². The van der Waals surface area contributed by atoms with Crippen LogP contribution >= 0.6 is 11.3 Å². The Morgan fingerprint density at radius 1 is 1.14 bits per heavy atom. The summed E-state index contributed by atoms with van der Waals surface area (Å²) in [6, 6.07) is 12.7. The fraction of sp³-hybridized carbons (Fsp3) is 0.333. The average Bonchev–Trinajstić information content (AvgIpc) is 3.34. The van der Waals surface area contributed by atoms with Crippen molar-refractivity contribution in [1.29, 1.82) is 0 Å². The third-order valence-electron chi connectivity index (χ3n) is 6.40. The zero-order valence-corrected chi connectivity index (χ0v) is 20.6. The number of rotatable bonds is 8. The molecule has 5 nitrogen and oxygen atoms in total. The van der Waals surface area contributed by atoms with Gasteiger partial charge in [0.1, 0.15) is 30.5 Å². The highest BCUT2D eigenvalue weighted by Crippen LogP contribution is 2.34.